The van der Waals surface area contributed by atoms with Crippen molar-refractivity contribution in [2.24, 2.45) is 0 Å². The van der Waals surface area contributed by atoms with Crippen molar-refractivity contribution in [3.05, 3.63) is 52.1 Å². The van der Waals surface area contributed by atoms with E-state index in [2.05, 4.69) is 10.2 Å². The van der Waals surface area contributed by atoms with Gasteiger partial charge in [-0.2, -0.15) is 5.10 Å². The van der Waals surface area contributed by atoms with Gasteiger partial charge in [-0.25, -0.2) is 4.39 Å². The fourth-order valence-corrected chi connectivity index (χ4v) is 2.46. The summed E-state index contributed by atoms with van der Waals surface area (Å²) < 4.78 is 13.4. The van der Waals surface area contributed by atoms with Crippen molar-refractivity contribution in [2.75, 3.05) is 0 Å². The first-order valence-electron chi connectivity index (χ1n) is 5.23. The Kier molecular flexibility index (Phi) is 2.21. The number of aryl methyl sites for hydroxylation is 1. The molecule has 4 heteroatoms. The van der Waals surface area contributed by atoms with E-state index in [-0.39, 0.29) is 16.8 Å². The number of nitrogens with zero attached hydrogens (tertiary/aromatic N) is 1. The first kappa shape index (κ1) is 9.85. The molecule has 82 valence electrons. The Morgan fingerprint density at radius 1 is 1.44 bits per heavy atom. The first-order chi connectivity index (χ1) is 7.75. The Balaban J connectivity index is 2.03. The molecule has 0 saturated heterocycles. The number of fused-ring (bicyclic) bond motifs is 1. The molecule has 0 spiro atoms. The lowest BCUT2D eigenvalue weighted by Crippen LogP contribution is -1.96. The van der Waals surface area contributed by atoms with E-state index < -0.39 is 0 Å². The van der Waals surface area contributed by atoms with E-state index >= 15 is 0 Å². The van der Waals surface area contributed by atoms with Crippen molar-refractivity contribution >= 4 is 11.6 Å². The van der Waals surface area contributed by atoms with Gasteiger partial charge in [0, 0.05) is 17.2 Å². The van der Waals surface area contributed by atoms with E-state index in [9.17, 15) is 4.39 Å². The molecule has 1 N–H and O–H groups in total. The summed E-state index contributed by atoms with van der Waals surface area (Å²) in [6, 6.07) is 5.03. The van der Waals surface area contributed by atoms with Crippen molar-refractivity contribution in [3.8, 4) is 0 Å². The lowest BCUT2D eigenvalue weighted by molar-refractivity contribution is 0.623. The van der Waals surface area contributed by atoms with Crippen molar-refractivity contribution in [1.29, 1.82) is 0 Å². The zero-order valence-electron chi connectivity index (χ0n) is 8.50. The second kappa shape index (κ2) is 3.59. The molecule has 16 heavy (non-hydrogen) atoms. The second-order valence-corrected chi connectivity index (χ2v) is 4.48. The van der Waals surface area contributed by atoms with Gasteiger partial charge in [0.25, 0.3) is 0 Å². The van der Waals surface area contributed by atoms with Crippen LogP contribution in [0.5, 0.6) is 0 Å². The number of aromatic nitrogens is 2. The van der Waals surface area contributed by atoms with Crippen LogP contribution in [0.3, 0.4) is 0 Å². The number of H-pyrrole nitrogens is 1. The molecule has 0 fully saturated rings. The molecular weight excluding hydrogens is 227 g/mol. The fourth-order valence-electron chi connectivity index (χ4n) is 2.34. The average Bonchev–Trinajstić information content (AvgIpc) is 2.83. The molecule has 1 unspecified atom stereocenters. The molecule has 2 aromatic rings. The van der Waals surface area contributed by atoms with E-state index in [0.717, 1.165) is 18.4 Å². The largest absolute Gasteiger partial charge is 0.282 e. The van der Waals surface area contributed by atoms with E-state index in [1.165, 1.54) is 17.3 Å². The number of benzene rings is 1. The van der Waals surface area contributed by atoms with E-state index in [4.69, 9.17) is 11.6 Å². The highest BCUT2D eigenvalue weighted by atomic mass is 35.5. The summed E-state index contributed by atoms with van der Waals surface area (Å²) in [4.78, 5) is 0. The van der Waals surface area contributed by atoms with Crippen LogP contribution in [-0.2, 0) is 6.42 Å². The Morgan fingerprint density at radius 3 is 3.12 bits per heavy atom. The van der Waals surface area contributed by atoms with Gasteiger partial charge >= 0.3 is 0 Å². The van der Waals surface area contributed by atoms with Crippen LogP contribution >= 0.6 is 11.6 Å². The van der Waals surface area contributed by atoms with Crippen molar-refractivity contribution in [2.45, 2.75) is 18.8 Å². The highest BCUT2D eigenvalue weighted by Crippen LogP contribution is 2.37. The minimum atomic E-state index is -0.351. The molecule has 1 atom stereocenters. The molecule has 0 amide bonds. The van der Waals surface area contributed by atoms with Gasteiger partial charge in [0.1, 0.15) is 5.82 Å². The number of aromatic amines is 1. The molecule has 1 aliphatic carbocycles. The normalized spacial score (nSPS) is 18.8. The second-order valence-electron chi connectivity index (χ2n) is 4.07. The summed E-state index contributed by atoms with van der Waals surface area (Å²) >= 11 is 5.67. The monoisotopic (exact) mass is 236 g/mol. The standard InChI is InChI=1S/C12H10ClFN2/c13-10-3-1-7(5-11(10)14)8-2-4-12-9(8)6-15-16-12/h1,3,5-6,8H,2,4H2,(H,15,16). The van der Waals surface area contributed by atoms with Gasteiger partial charge in [-0.3, -0.25) is 5.10 Å². The number of hydrogen-bond acceptors (Lipinski definition) is 1. The number of rotatable bonds is 1. The molecule has 0 bridgehead atoms. The quantitative estimate of drug-likeness (QED) is 0.809. The Hall–Kier alpha value is -1.35. The van der Waals surface area contributed by atoms with Gasteiger partial charge in [-0.15, -0.1) is 0 Å². The zero-order valence-corrected chi connectivity index (χ0v) is 9.26. The van der Waals surface area contributed by atoms with Crippen LogP contribution < -0.4 is 0 Å². The van der Waals surface area contributed by atoms with Gasteiger partial charge in [0.15, 0.2) is 0 Å². The number of halogens is 2. The molecule has 0 radical (unpaired) electrons. The van der Waals surface area contributed by atoms with E-state index in [1.54, 1.807) is 6.07 Å². The third-order valence-electron chi connectivity index (χ3n) is 3.16. The summed E-state index contributed by atoms with van der Waals surface area (Å²) in [5.74, 6) is -0.100. The summed E-state index contributed by atoms with van der Waals surface area (Å²) in [6.07, 6.45) is 3.81. The van der Waals surface area contributed by atoms with Gasteiger partial charge in [-0.1, -0.05) is 17.7 Å². The van der Waals surface area contributed by atoms with E-state index in [1.807, 2.05) is 12.3 Å². The van der Waals surface area contributed by atoms with Gasteiger partial charge < -0.3 is 0 Å². The Labute approximate surface area is 97.4 Å². The highest BCUT2D eigenvalue weighted by Gasteiger charge is 2.26. The molecule has 0 saturated carbocycles. The lowest BCUT2D eigenvalue weighted by Gasteiger charge is -2.10. The Bertz CT molecular complexity index is 536. The molecule has 1 aromatic carbocycles. The third-order valence-corrected chi connectivity index (χ3v) is 3.46. The summed E-state index contributed by atoms with van der Waals surface area (Å²) in [6.45, 7) is 0. The minimum absolute atomic E-state index is 0.175. The first-order valence-corrected chi connectivity index (χ1v) is 5.60. The van der Waals surface area contributed by atoms with Crippen LogP contribution in [0, 0.1) is 5.82 Å². The third kappa shape index (κ3) is 1.43. The van der Waals surface area contributed by atoms with Crippen molar-refractivity contribution in [1.82, 2.24) is 10.2 Å². The van der Waals surface area contributed by atoms with Crippen LogP contribution in [0.15, 0.2) is 24.4 Å². The fraction of sp³-hybridized carbons (Fsp3) is 0.250. The number of nitrogens with one attached hydrogen (secondary N) is 1. The smallest absolute Gasteiger partial charge is 0.142 e. The molecule has 3 rings (SSSR count). The SMILES string of the molecule is Fc1cc(C2CCc3[nH]ncc32)ccc1Cl. The minimum Gasteiger partial charge on any atom is -0.282 e. The maximum atomic E-state index is 13.4. The molecular formula is C12H10ClFN2. The summed E-state index contributed by atoms with van der Waals surface area (Å²) in [5, 5.41) is 7.16. The predicted octanol–water partition coefficient (Wildman–Crippen LogP) is 3.28. The van der Waals surface area contributed by atoms with Crippen LogP contribution in [-0.4, -0.2) is 10.2 Å². The van der Waals surface area contributed by atoms with Gasteiger partial charge in [0.2, 0.25) is 0 Å². The summed E-state index contributed by atoms with van der Waals surface area (Å²) in [5.41, 5.74) is 3.32. The van der Waals surface area contributed by atoms with Crippen molar-refractivity contribution in [3.63, 3.8) is 0 Å². The van der Waals surface area contributed by atoms with Gasteiger partial charge in [0.05, 0.1) is 11.2 Å². The maximum absolute atomic E-state index is 13.4. The van der Waals surface area contributed by atoms with E-state index in [0.29, 0.717) is 0 Å². The molecule has 1 aromatic heterocycles. The van der Waals surface area contributed by atoms with Gasteiger partial charge in [-0.05, 0) is 30.5 Å². The van der Waals surface area contributed by atoms with Crippen LogP contribution in [0.1, 0.15) is 29.2 Å². The Morgan fingerprint density at radius 2 is 2.31 bits per heavy atom. The van der Waals surface area contributed by atoms with Crippen LogP contribution in [0.4, 0.5) is 4.39 Å². The maximum Gasteiger partial charge on any atom is 0.142 e. The molecule has 0 aliphatic heterocycles. The highest BCUT2D eigenvalue weighted by molar-refractivity contribution is 6.30. The lowest BCUT2D eigenvalue weighted by atomic mass is 9.95. The van der Waals surface area contributed by atoms with Crippen LogP contribution in [0.2, 0.25) is 5.02 Å². The zero-order chi connectivity index (χ0) is 11.1. The summed E-state index contributed by atoms with van der Waals surface area (Å²) in [7, 11) is 0. The topological polar surface area (TPSA) is 28.7 Å². The molecule has 1 aliphatic rings. The van der Waals surface area contributed by atoms with Crippen LogP contribution in [0.25, 0.3) is 0 Å². The molecule has 1 heterocycles. The molecule has 2 nitrogen and oxygen atoms in total. The van der Waals surface area contributed by atoms with Crippen molar-refractivity contribution < 1.29 is 4.39 Å². The predicted molar refractivity (Wildman–Crippen MR) is 60.2 cm³/mol. The average molecular weight is 237 g/mol. The number of hydrogen-bond donors (Lipinski definition) is 1.